The minimum absolute atomic E-state index is 0.137. The fourth-order valence-corrected chi connectivity index (χ4v) is 5.44. The van der Waals surface area contributed by atoms with E-state index < -0.39 is 0 Å². The molecule has 8 heteroatoms. The number of nitrogens with one attached hydrogen (secondary N) is 1. The molecule has 8 nitrogen and oxygen atoms in total. The molecule has 1 aliphatic heterocycles. The van der Waals surface area contributed by atoms with Crippen molar-refractivity contribution in [2.75, 3.05) is 57.9 Å². The minimum atomic E-state index is -0.137. The molecule has 1 saturated heterocycles. The highest BCUT2D eigenvalue weighted by atomic mass is 16.5. The molecule has 1 aliphatic rings. The van der Waals surface area contributed by atoms with E-state index in [2.05, 4.69) is 101 Å². The van der Waals surface area contributed by atoms with Gasteiger partial charge in [-0.05, 0) is 54.2 Å². The molecule has 1 fully saturated rings. The van der Waals surface area contributed by atoms with Crippen LogP contribution in [0.1, 0.15) is 49.3 Å². The molecular weight excluding hydrogens is 550 g/mol. The number of nitrogens with two attached hydrogens (primary N) is 1. The number of ether oxygens (including phenoxy) is 2. The summed E-state index contributed by atoms with van der Waals surface area (Å²) in [6.07, 6.45) is 3.69. The Kier molecular flexibility index (Phi) is 13.1. The molecule has 44 heavy (non-hydrogen) atoms. The van der Waals surface area contributed by atoms with E-state index >= 15 is 0 Å². The van der Waals surface area contributed by atoms with Crippen LogP contribution in [0.25, 0.3) is 11.1 Å². The van der Waals surface area contributed by atoms with Gasteiger partial charge in [0, 0.05) is 77.1 Å². The molecule has 0 bridgehead atoms. The van der Waals surface area contributed by atoms with Crippen molar-refractivity contribution >= 4 is 17.6 Å². The Hall–Kier alpha value is -3.88. The predicted octanol–water partition coefficient (Wildman–Crippen LogP) is 5.56. The Morgan fingerprint density at radius 2 is 1.70 bits per heavy atom. The zero-order valence-corrected chi connectivity index (χ0v) is 26.7. The smallest absolute Gasteiger partial charge is 0.226 e. The van der Waals surface area contributed by atoms with E-state index in [-0.39, 0.29) is 11.9 Å². The van der Waals surface area contributed by atoms with Gasteiger partial charge in [0.15, 0.2) is 5.96 Å². The van der Waals surface area contributed by atoms with Crippen molar-refractivity contribution in [2.45, 2.75) is 52.5 Å². The van der Waals surface area contributed by atoms with Crippen LogP contribution < -0.4 is 20.7 Å². The lowest BCUT2D eigenvalue weighted by Crippen LogP contribution is -2.46. The van der Waals surface area contributed by atoms with Gasteiger partial charge in [-0.3, -0.25) is 20.0 Å². The van der Waals surface area contributed by atoms with Crippen molar-refractivity contribution in [3.63, 3.8) is 0 Å². The van der Waals surface area contributed by atoms with Gasteiger partial charge in [-0.1, -0.05) is 67.9 Å². The summed E-state index contributed by atoms with van der Waals surface area (Å²) >= 11 is 0. The third kappa shape index (κ3) is 10.1. The van der Waals surface area contributed by atoms with Crippen LogP contribution in [0.2, 0.25) is 0 Å². The van der Waals surface area contributed by atoms with Gasteiger partial charge in [0.1, 0.15) is 5.75 Å². The highest BCUT2D eigenvalue weighted by Gasteiger charge is 2.18. The number of unbranched alkanes of at least 4 members (excludes halogenated alkanes) is 1. The number of anilines is 1. The number of guanidine groups is 1. The summed E-state index contributed by atoms with van der Waals surface area (Å²) < 4.78 is 11.4. The van der Waals surface area contributed by atoms with Crippen molar-refractivity contribution in [2.24, 2.45) is 10.7 Å². The lowest BCUT2D eigenvalue weighted by atomic mass is 9.99. The Balaban J connectivity index is 1.36. The summed E-state index contributed by atoms with van der Waals surface area (Å²) in [6, 6.07) is 23.7. The molecule has 3 aromatic carbocycles. The van der Waals surface area contributed by atoms with Gasteiger partial charge in [0.05, 0.1) is 6.61 Å². The Bertz CT molecular complexity index is 1350. The first kappa shape index (κ1) is 33.0. The van der Waals surface area contributed by atoms with Gasteiger partial charge >= 0.3 is 0 Å². The molecule has 0 atom stereocenters. The van der Waals surface area contributed by atoms with Crippen LogP contribution in [0, 0.1) is 6.92 Å². The van der Waals surface area contributed by atoms with Gasteiger partial charge < -0.3 is 20.1 Å². The van der Waals surface area contributed by atoms with Crippen molar-refractivity contribution in [1.29, 1.82) is 0 Å². The monoisotopic (exact) mass is 599 g/mol. The van der Waals surface area contributed by atoms with Gasteiger partial charge in [-0.15, -0.1) is 0 Å². The topological polar surface area (TPSA) is 92.4 Å². The molecule has 236 valence electrons. The summed E-state index contributed by atoms with van der Waals surface area (Å²) in [5.74, 6) is 0.871. The molecule has 1 heterocycles. The molecule has 0 radical (unpaired) electrons. The molecule has 0 saturated carbocycles. The van der Waals surface area contributed by atoms with E-state index in [9.17, 15) is 4.79 Å². The SMILES string of the molecule is CCCCN=C(N)NC(=O)CCc1ccc(-c2ccc(CN3CCN(c4ccccc4C)CC3)cc2)c(OCCCOC)c1. The van der Waals surface area contributed by atoms with Crippen molar-refractivity contribution in [3.05, 3.63) is 83.4 Å². The Labute approximate surface area is 263 Å². The quantitative estimate of drug-likeness (QED) is 0.135. The number of rotatable bonds is 15. The number of hydrogen-bond acceptors (Lipinski definition) is 6. The molecule has 4 rings (SSSR count). The first-order valence-corrected chi connectivity index (χ1v) is 15.9. The van der Waals surface area contributed by atoms with Crippen LogP contribution >= 0.6 is 0 Å². The highest BCUT2D eigenvalue weighted by molar-refractivity contribution is 5.96. The lowest BCUT2D eigenvalue weighted by Gasteiger charge is -2.36. The molecule has 1 amide bonds. The third-order valence-corrected chi connectivity index (χ3v) is 8.00. The van der Waals surface area contributed by atoms with E-state index in [0.29, 0.717) is 32.6 Å². The van der Waals surface area contributed by atoms with Crippen LogP contribution in [-0.4, -0.2) is 69.8 Å². The molecule has 3 aromatic rings. The van der Waals surface area contributed by atoms with E-state index in [1.165, 1.54) is 16.8 Å². The number of carbonyl (C=O) groups excluding carboxylic acids is 1. The number of hydrogen-bond donors (Lipinski definition) is 2. The van der Waals surface area contributed by atoms with E-state index in [0.717, 1.165) is 74.4 Å². The van der Waals surface area contributed by atoms with Crippen LogP contribution in [0.15, 0.2) is 71.7 Å². The largest absolute Gasteiger partial charge is 0.493 e. The number of carbonyl (C=O) groups is 1. The van der Waals surface area contributed by atoms with Crippen LogP contribution in [-0.2, 0) is 22.5 Å². The van der Waals surface area contributed by atoms with Crippen molar-refractivity contribution < 1.29 is 14.3 Å². The zero-order chi connectivity index (χ0) is 31.1. The van der Waals surface area contributed by atoms with Gasteiger partial charge in [-0.2, -0.15) is 0 Å². The van der Waals surface area contributed by atoms with Gasteiger partial charge in [0.2, 0.25) is 5.91 Å². The van der Waals surface area contributed by atoms with E-state index in [4.69, 9.17) is 15.2 Å². The highest BCUT2D eigenvalue weighted by Crippen LogP contribution is 2.32. The standard InChI is InChI=1S/C36H49N5O3/c1-4-5-19-38-36(37)39-35(42)18-14-29-13-17-32(34(26-29)44-25-8-24-43-3)31-15-11-30(12-16-31)27-40-20-22-41(23-21-40)33-10-7-6-9-28(33)2/h6-7,9-13,15-17,26H,4-5,8,14,18-25,27H2,1-3H3,(H3,37,38,39,42). The van der Waals surface area contributed by atoms with Crippen molar-refractivity contribution in [3.8, 4) is 16.9 Å². The summed E-state index contributed by atoms with van der Waals surface area (Å²) in [6.45, 7) is 11.2. The molecule has 0 unspecified atom stereocenters. The average Bonchev–Trinajstić information content (AvgIpc) is 3.03. The number of nitrogens with zero attached hydrogens (tertiary/aromatic N) is 3. The maximum atomic E-state index is 12.4. The van der Waals surface area contributed by atoms with Crippen LogP contribution in [0.5, 0.6) is 5.75 Å². The third-order valence-electron chi connectivity index (χ3n) is 8.00. The number of benzene rings is 3. The molecular formula is C36H49N5O3. The first-order chi connectivity index (χ1) is 21.5. The zero-order valence-electron chi connectivity index (χ0n) is 26.7. The number of para-hydroxylation sites is 1. The maximum absolute atomic E-state index is 12.4. The Morgan fingerprint density at radius 1 is 0.955 bits per heavy atom. The van der Waals surface area contributed by atoms with E-state index in [1.807, 2.05) is 0 Å². The molecule has 0 spiro atoms. The normalized spacial score (nSPS) is 14.1. The lowest BCUT2D eigenvalue weighted by molar-refractivity contribution is -0.119. The number of aryl methyl sites for hydroxylation is 2. The predicted molar refractivity (Wildman–Crippen MR) is 180 cm³/mol. The fraction of sp³-hybridized carbons (Fsp3) is 0.444. The Morgan fingerprint density at radius 3 is 2.43 bits per heavy atom. The number of methoxy groups -OCH3 is 1. The second kappa shape index (κ2) is 17.4. The molecule has 0 aromatic heterocycles. The summed E-state index contributed by atoms with van der Waals surface area (Å²) in [4.78, 5) is 21.7. The number of piperazine rings is 1. The first-order valence-electron chi connectivity index (χ1n) is 15.9. The second-order valence-corrected chi connectivity index (χ2v) is 11.4. The summed E-state index contributed by atoms with van der Waals surface area (Å²) in [5, 5.41) is 2.69. The maximum Gasteiger partial charge on any atom is 0.226 e. The molecule has 0 aliphatic carbocycles. The average molecular weight is 600 g/mol. The fourth-order valence-electron chi connectivity index (χ4n) is 5.44. The van der Waals surface area contributed by atoms with Gasteiger partial charge in [-0.25, -0.2) is 0 Å². The number of aliphatic imine (C=N–C) groups is 1. The van der Waals surface area contributed by atoms with Crippen molar-refractivity contribution in [1.82, 2.24) is 10.2 Å². The molecule has 3 N–H and O–H groups in total. The van der Waals surface area contributed by atoms with Crippen LogP contribution in [0.3, 0.4) is 0 Å². The summed E-state index contributed by atoms with van der Waals surface area (Å²) in [7, 11) is 1.70. The van der Waals surface area contributed by atoms with E-state index in [1.54, 1.807) is 7.11 Å². The van der Waals surface area contributed by atoms with Crippen LogP contribution in [0.4, 0.5) is 5.69 Å². The second-order valence-electron chi connectivity index (χ2n) is 11.4. The number of amides is 1. The van der Waals surface area contributed by atoms with Gasteiger partial charge in [0.25, 0.3) is 0 Å². The minimum Gasteiger partial charge on any atom is -0.493 e. The summed E-state index contributed by atoms with van der Waals surface area (Å²) in [5.41, 5.74) is 13.0.